The Kier molecular flexibility index (Phi) is 4.21. The monoisotopic (exact) mass is 307 g/mol. The molecule has 3 rings (SSSR count). The molecule has 1 nitrogen and oxygen atoms in total. The minimum atomic E-state index is -1.46. The number of para-hydroxylation sites is 1. The lowest BCUT2D eigenvalue weighted by atomic mass is 10.1. The van der Waals surface area contributed by atoms with E-state index in [2.05, 4.69) is 80.4 Å². The van der Waals surface area contributed by atoms with E-state index in [0.717, 1.165) is 0 Å². The Morgan fingerprint density at radius 2 is 1.36 bits per heavy atom. The zero-order valence-electron chi connectivity index (χ0n) is 13.8. The van der Waals surface area contributed by atoms with Crippen molar-refractivity contribution in [1.29, 1.82) is 0 Å². The summed E-state index contributed by atoms with van der Waals surface area (Å²) in [7, 11) is -1.46. The highest BCUT2D eigenvalue weighted by molar-refractivity contribution is 6.92. The van der Waals surface area contributed by atoms with E-state index >= 15 is 0 Å². The number of rotatable bonds is 5. The van der Waals surface area contributed by atoms with Gasteiger partial charge in [-0.15, -0.1) is 0 Å². The second-order valence-corrected chi connectivity index (χ2v) is 11.3. The largest absolute Gasteiger partial charge is 0.362 e. The highest BCUT2D eigenvalue weighted by Crippen LogP contribution is 2.32. The van der Waals surface area contributed by atoms with Crippen LogP contribution in [0.5, 0.6) is 0 Å². The Labute approximate surface area is 134 Å². The summed E-state index contributed by atoms with van der Waals surface area (Å²) in [6.07, 6.45) is 0. The zero-order valence-corrected chi connectivity index (χ0v) is 14.8. The topological polar surface area (TPSA) is 15.8 Å². The molecule has 1 aromatic heterocycles. The van der Waals surface area contributed by atoms with Crippen LogP contribution >= 0.6 is 0 Å². The van der Waals surface area contributed by atoms with Gasteiger partial charge in [-0.3, -0.25) is 0 Å². The van der Waals surface area contributed by atoms with Crippen molar-refractivity contribution in [2.75, 3.05) is 0 Å². The van der Waals surface area contributed by atoms with E-state index < -0.39 is 8.07 Å². The third-order valence-electron chi connectivity index (χ3n) is 5.33. The molecule has 22 heavy (non-hydrogen) atoms. The van der Waals surface area contributed by atoms with Gasteiger partial charge < -0.3 is 4.98 Å². The molecule has 114 valence electrons. The number of aromatic amines is 1. The van der Waals surface area contributed by atoms with Crippen LogP contribution in [0, 0.1) is 0 Å². The van der Waals surface area contributed by atoms with E-state index in [1.165, 1.54) is 40.2 Å². The molecule has 1 N–H and O–H groups in total. The van der Waals surface area contributed by atoms with Crippen LogP contribution in [0.3, 0.4) is 0 Å². The fourth-order valence-electron chi connectivity index (χ4n) is 3.72. The summed E-state index contributed by atoms with van der Waals surface area (Å²) < 4.78 is 0. The number of aromatic nitrogens is 1. The predicted octanol–water partition coefficient (Wildman–Crippen LogP) is 5.55. The molecule has 0 radical (unpaired) electrons. The molecule has 0 spiro atoms. The van der Waals surface area contributed by atoms with Crippen LogP contribution in [0.2, 0.25) is 18.1 Å². The molecule has 0 aliphatic carbocycles. The normalized spacial score (nSPS) is 12.0. The maximum atomic E-state index is 3.82. The molecule has 0 fully saturated rings. The third-order valence-corrected chi connectivity index (χ3v) is 10.8. The Hall–Kier alpha value is -1.80. The lowest BCUT2D eigenvalue weighted by Crippen LogP contribution is -2.47. The molecule has 0 atom stereocenters. The number of H-pyrrole nitrogens is 1. The van der Waals surface area contributed by atoms with Crippen molar-refractivity contribution >= 4 is 24.3 Å². The van der Waals surface area contributed by atoms with Crippen molar-refractivity contribution in [3.05, 3.63) is 54.6 Å². The number of hydrogen-bond donors (Lipinski definition) is 1. The number of fused-ring (bicyclic) bond motifs is 1. The SMILES string of the molecule is CC[Si](CC)(CC)c1[nH]c2ccccc2c1-c1ccccc1. The van der Waals surface area contributed by atoms with E-state index in [0.29, 0.717) is 0 Å². The average molecular weight is 308 g/mol. The first-order valence-corrected chi connectivity index (χ1v) is 11.0. The summed E-state index contributed by atoms with van der Waals surface area (Å²) in [5, 5.41) is 2.92. The molecule has 2 heteroatoms. The molecule has 0 bridgehead atoms. The summed E-state index contributed by atoms with van der Waals surface area (Å²) in [5.74, 6) is 0. The number of benzene rings is 2. The summed E-state index contributed by atoms with van der Waals surface area (Å²) in [6, 6.07) is 23.5. The molecule has 3 aromatic rings. The van der Waals surface area contributed by atoms with Gasteiger partial charge in [0, 0.05) is 21.8 Å². The maximum absolute atomic E-state index is 3.82. The molecule has 0 amide bonds. The number of nitrogens with one attached hydrogen (secondary N) is 1. The molecule has 0 saturated carbocycles. The van der Waals surface area contributed by atoms with Crippen LogP contribution in [0.15, 0.2) is 54.6 Å². The minimum absolute atomic E-state index is 1.28. The van der Waals surface area contributed by atoms with E-state index in [4.69, 9.17) is 0 Å². The highest BCUT2D eigenvalue weighted by atomic mass is 28.3. The van der Waals surface area contributed by atoms with E-state index in [9.17, 15) is 0 Å². The van der Waals surface area contributed by atoms with Crippen molar-refractivity contribution in [3.63, 3.8) is 0 Å². The van der Waals surface area contributed by atoms with E-state index in [1.807, 2.05) is 0 Å². The van der Waals surface area contributed by atoms with Crippen LogP contribution in [0.1, 0.15) is 20.8 Å². The second-order valence-electron chi connectivity index (χ2n) is 6.13. The van der Waals surface area contributed by atoms with Crippen LogP contribution in [0.4, 0.5) is 0 Å². The van der Waals surface area contributed by atoms with Gasteiger partial charge in [-0.2, -0.15) is 0 Å². The lowest BCUT2D eigenvalue weighted by molar-refractivity contribution is 1.18. The van der Waals surface area contributed by atoms with Gasteiger partial charge in [0.1, 0.15) is 8.07 Å². The van der Waals surface area contributed by atoms with Crippen LogP contribution in [-0.4, -0.2) is 13.1 Å². The third kappa shape index (κ3) is 2.32. The predicted molar refractivity (Wildman–Crippen MR) is 101 cm³/mol. The summed E-state index contributed by atoms with van der Waals surface area (Å²) >= 11 is 0. The van der Waals surface area contributed by atoms with Gasteiger partial charge in [0.25, 0.3) is 0 Å². The first-order chi connectivity index (χ1) is 10.8. The van der Waals surface area contributed by atoms with E-state index in [1.54, 1.807) is 5.32 Å². The summed E-state index contributed by atoms with van der Waals surface area (Å²) in [6.45, 7) is 7.12. The lowest BCUT2D eigenvalue weighted by Gasteiger charge is -2.28. The van der Waals surface area contributed by atoms with Crippen molar-refractivity contribution in [2.24, 2.45) is 0 Å². The molecule has 2 aromatic carbocycles. The minimum Gasteiger partial charge on any atom is -0.362 e. The molecule has 0 aliphatic rings. The first-order valence-electron chi connectivity index (χ1n) is 8.42. The van der Waals surface area contributed by atoms with Crippen LogP contribution < -0.4 is 5.32 Å². The Morgan fingerprint density at radius 1 is 0.773 bits per heavy atom. The molecule has 0 unspecified atom stereocenters. The van der Waals surface area contributed by atoms with Crippen molar-refractivity contribution in [1.82, 2.24) is 4.98 Å². The van der Waals surface area contributed by atoms with Crippen molar-refractivity contribution < 1.29 is 0 Å². The average Bonchev–Trinajstić information content (AvgIpc) is 2.98. The standard InChI is InChI=1S/C20H25NSi/c1-4-22(5-2,6-3)20-19(16-12-8-7-9-13-16)17-14-10-11-15-18(17)21-20/h7-15,21H,4-6H2,1-3H3. The van der Waals surface area contributed by atoms with Gasteiger partial charge in [-0.25, -0.2) is 0 Å². The second kappa shape index (κ2) is 6.13. The Morgan fingerprint density at radius 3 is 2.00 bits per heavy atom. The van der Waals surface area contributed by atoms with Gasteiger partial charge in [0.05, 0.1) is 0 Å². The zero-order chi connectivity index (χ0) is 15.6. The fraction of sp³-hybridized carbons (Fsp3) is 0.300. The Bertz CT molecular complexity index is 745. The van der Waals surface area contributed by atoms with Gasteiger partial charge in [0.15, 0.2) is 0 Å². The summed E-state index contributed by atoms with van der Waals surface area (Å²) in [5.41, 5.74) is 4.08. The molecule has 0 aliphatic heterocycles. The quantitative estimate of drug-likeness (QED) is 0.595. The van der Waals surface area contributed by atoms with Crippen LogP contribution in [0.25, 0.3) is 22.0 Å². The van der Waals surface area contributed by atoms with Gasteiger partial charge >= 0.3 is 0 Å². The molecular formula is C20H25NSi. The Balaban J connectivity index is 2.35. The smallest absolute Gasteiger partial charge is 0.107 e. The van der Waals surface area contributed by atoms with Gasteiger partial charge in [0.2, 0.25) is 0 Å². The highest BCUT2D eigenvalue weighted by Gasteiger charge is 2.34. The molecule has 1 heterocycles. The van der Waals surface area contributed by atoms with Crippen molar-refractivity contribution in [3.8, 4) is 11.1 Å². The van der Waals surface area contributed by atoms with Gasteiger partial charge in [-0.1, -0.05) is 87.4 Å². The number of hydrogen-bond acceptors (Lipinski definition) is 0. The maximum Gasteiger partial charge on any atom is 0.107 e. The molecular weight excluding hydrogens is 282 g/mol. The van der Waals surface area contributed by atoms with E-state index in [-0.39, 0.29) is 0 Å². The fourth-order valence-corrected chi connectivity index (χ4v) is 7.49. The first kappa shape index (κ1) is 15.1. The van der Waals surface area contributed by atoms with Crippen molar-refractivity contribution in [2.45, 2.75) is 38.9 Å². The molecule has 0 saturated heterocycles. The van der Waals surface area contributed by atoms with Crippen LogP contribution in [-0.2, 0) is 0 Å². The van der Waals surface area contributed by atoms with Gasteiger partial charge in [-0.05, 0) is 11.6 Å². The summed E-state index contributed by atoms with van der Waals surface area (Å²) in [4.78, 5) is 3.82.